The van der Waals surface area contributed by atoms with Crippen molar-refractivity contribution in [3.05, 3.63) is 29.3 Å². The van der Waals surface area contributed by atoms with Crippen molar-refractivity contribution in [3.8, 4) is 18.1 Å². The maximum Gasteiger partial charge on any atom is 0.246 e. The summed E-state index contributed by atoms with van der Waals surface area (Å²) in [5.41, 5.74) is 1.03. The van der Waals surface area contributed by atoms with Crippen LogP contribution in [0.15, 0.2) is 18.2 Å². The topological polar surface area (TPSA) is 87.7 Å². The fraction of sp³-hybridized carbons (Fsp3) is 0.500. The first-order valence-corrected chi connectivity index (χ1v) is 9.64. The van der Waals surface area contributed by atoms with Gasteiger partial charge in [0.05, 0.1) is 7.11 Å². The number of terminal acetylenes is 1. The highest BCUT2D eigenvalue weighted by atomic mass is 16.5. The standard InChI is InChI=1S/C22H29N3O4/c1-6-15-9-10-16(18(12-15)29-5)13-23-20(27)17-8-7-11-25(17)21(28)19(24-14-26)22(2,3)4/h1,9-10,12,14,17,19H,7-8,11,13H2,2-5H3,(H,23,27)(H,24,26). The highest BCUT2D eigenvalue weighted by Crippen LogP contribution is 2.26. The number of ether oxygens (including phenoxy) is 1. The lowest BCUT2D eigenvalue weighted by atomic mass is 9.85. The first kappa shape index (κ1) is 22.3. The minimum absolute atomic E-state index is 0.224. The number of nitrogens with zero attached hydrogens (tertiary/aromatic N) is 1. The van der Waals surface area contributed by atoms with Crippen LogP contribution in [-0.2, 0) is 20.9 Å². The van der Waals surface area contributed by atoms with Gasteiger partial charge in [-0.1, -0.05) is 32.8 Å². The molecule has 0 radical (unpaired) electrons. The molecule has 1 fully saturated rings. The van der Waals surface area contributed by atoms with Crippen LogP contribution >= 0.6 is 0 Å². The Morgan fingerprint density at radius 3 is 2.72 bits per heavy atom. The molecular weight excluding hydrogens is 370 g/mol. The summed E-state index contributed by atoms with van der Waals surface area (Å²) in [4.78, 5) is 38.4. The second-order valence-electron chi connectivity index (χ2n) is 8.16. The molecule has 0 bridgehead atoms. The molecule has 7 nitrogen and oxygen atoms in total. The van der Waals surface area contributed by atoms with E-state index >= 15 is 0 Å². The summed E-state index contributed by atoms with van der Waals surface area (Å²) in [6.45, 7) is 6.39. The van der Waals surface area contributed by atoms with E-state index in [2.05, 4.69) is 16.6 Å². The Morgan fingerprint density at radius 1 is 1.41 bits per heavy atom. The van der Waals surface area contributed by atoms with E-state index in [1.165, 1.54) is 0 Å². The van der Waals surface area contributed by atoms with Crippen molar-refractivity contribution in [2.24, 2.45) is 5.41 Å². The smallest absolute Gasteiger partial charge is 0.246 e. The number of benzene rings is 1. The van der Waals surface area contributed by atoms with E-state index in [4.69, 9.17) is 11.2 Å². The third kappa shape index (κ3) is 5.29. The molecule has 2 rings (SSSR count). The molecule has 7 heteroatoms. The van der Waals surface area contributed by atoms with Crippen LogP contribution in [0.4, 0.5) is 0 Å². The largest absolute Gasteiger partial charge is 0.496 e. The Bertz CT molecular complexity index is 807. The molecule has 1 saturated heterocycles. The highest BCUT2D eigenvalue weighted by Gasteiger charge is 2.40. The van der Waals surface area contributed by atoms with Crippen LogP contribution in [0.1, 0.15) is 44.7 Å². The van der Waals surface area contributed by atoms with Gasteiger partial charge in [0.15, 0.2) is 0 Å². The van der Waals surface area contributed by atoms with E-state index < -0.39 is 17.5 Å². The second-order valence-corrected chi connectivity index (χ2v) is 8.16. The van der Waals surface area contributed by atoms with Crippen LogP contribution in [0.2, 0.25) is 0 Å². The zero-order chi connectivity index (χ0) is 21.6. The number of carbonyl (C=O) groups is 3. The predicted molar refractivity (Wildman–Crippen MR) is 110 cm³/mol. The summed E-state index contributed by atoms with van der Waals surface area (Å²) >= 11 is 0. The van der Waals surface area contributed by atoms with E-state index in [1.807, 2.05) is 26.8 Å². The van der Waals surface area contributed by atoms with Crippen LogP contribution in [0, 0.1) is 17.8 Å². The summed E-state index contributed by atoms with van der Waals surface area (Å²) < 4.78 is 5.35. The van der Waals surface area contributed by atoms with Gasteiger partial charge in [-0.15, -0.1) is 6.42 Å². The fourth-order valence-electron chi connectivity index (χ4n) is 3.51. The van der Waals surface area contributed by atoms with Crippen molar-refractivity contribution in [2.45, 2.75) is 52.2 Å². The summed E-state index contributed by atoms with van der Waals surface area (Å²) in [5.74, 6) is 2.69. The van der Waals surface area contributed by atoms with Crippen molar-refractivity contribution in [1.82, 2.24) is 15.5 Å². The van der Waals surface area contributed by atoms with E-state index in [1.54, 1.807) is 24.1 Å². The fourth-order valence-corrected chi connectivity index (χ4v) is 3.51. The monoisotopic (exact) mass is 399 g/mol. The maximum absolute atomic E-state index is 13.0. The molecular formula is C22H29N3O4. The molecule has 1 aliphatic heterocycles. The molecule has 0 aromatic heterocycles. The molecule has 0 aliphatic carbocycles. The lowest BCUT2D eigenvalue weighted by Crippen LogP contribution is -2.56. The maximum atomic E-state index is 13.0. The lowest BCUT2D eigenvalue weighted by Gasteiger charge is -2.34. The molecule has 2 unspecified atom stereocenters. The molecule has 1 aromatic carbocycles. The first-order chi connectivity index (χ1) is 13.7. The average Bonchev–Trinajstić information content (AvgIpc) is 3.18. The number of likely N-dealkylation sites (tertiary alicyclic amines) is 1. The van der Waals surface area contributed by atoms with Gasteiger partial charge in [0.1, 0.15) is 17.8 Å². The molecule has 0 saturated carbocycles. The lowest BCUT2D eigenvalue weighted by molar-refractivity contribution is -0.142. The van der Waals surface area contributed by atoms with Crippen LogP contribution < -0.4 is 15.4 Å². The predicted octanol–water partition coefficient (Wildman–Crippen LogP) is 1.44. The third-order valence-corrected chi connectivity index (χ3v) is 5.09. The SMILES string of the molecule is C#Cc1ccc(CNC(=O)C2CCCN2C(=O)C(NC=O)C(C)(C)C)c(OC)c1. The van der Waals surface area contributed by atoms with Crippen molar-refractivity contribution in [2.75, 3.05) is 13.7 Å². The Morgan fingerprint density at radius 2 is 2.14 bits per heavy atom. The first-order valence-electron chi connectivity index (χ1n) is 9.64. The Kier molecular flexibility index (Phi) is 7.27. The summed E-state index contributed by atoms with van der Waals surface area (Å²) in [7, 11) is 1.55. The number of hydrogen-bond donors (Lipinski definition) is 2. The van der Waals surface area contributed by atoms with E-state index in [-0.39, 0.29) is 18.4 Å². The minimum Gasteiger partial charge on any atom is -0.496 e. The Labute approximate surface area is 172 Å². The summed E-state index contributed by atoms with van der Waals surface area (Å²) in [6.07, 6.45) is 7.27. The van der Waals surface area contributed by atoms with Gasteiger partial charge >= 0.3 is 0 Å². The number of nitrogens with one attached hydrogen (secondary N) is 2. The number of rotatable bonds is 7. The van der Waals surface area contributed by atoms with Gasteiger partial charge < -0.3 is 20.3 Å². The van der Waals surface area contributed by atoms with Gasteiger partial charge in [-0.2, -0.15) is 0 Å². The van der Waals surface area contributed by atoms with E-state index in [0.29, 0.717) is 30.7 Å². The molecule has 2 N–H and O–H groups in total. The van der Waals surface area contributed by atoms with Gasteiger partial charge in [-0.25, -0.2) is 0 Å². The van der Waals surface area contributed by atoms with Gasteiger partial charge in [-0.3, -0.25) is 14.4 Å². The molecule has 29 heavy (non-hydrogen) atoms. The molecule has 1 aromatic rings. The zero-order valence-electron chi connectivity index (χ0n) is 17.5. The van der Waals surface area contributed by atoms with Gasteiger partial charge in [0.2, 0.25) is 18.2 Å². The quantitative estimate of drug-likeness (QED) is 0.537. The van der Waals surface area contributed by atoms with Crippen LogP contribution in [0.3, 0.4) is 0 Å². The van der Waals surface area contributed by atoms with Crippen LogP contribution in [-0.4, -0.2) is 48.9 Å². The highest BCUT2D eigenvalue weighted by molar-refractivity contribution is 5.91. The normalized spacial score (nSPS) is 17.2. The summed E-state index contributed by atoms with van der Waals surface area (Å²) in [6, 6.07) is 4.09. The molecule has 1 heterocycles. The molecule has 1 aliphatic rings. The van der Waals surface area contributed by atoms with Crippen molar-refractivity contribution >= 4 is 18.2 Å². The van der Waals surface area contributed by atoms with Gasteiger partial charge in [0, 0.05) is 24.2 Å². The van der Waals surface area contributed by atoms with E-state index in [0.717, 1.165) is 12.0 Å². The average molecular weight is 399 g/mol. The molecule has 0 spiro atoms. The number of hydrogen-bond acceptors (Lipinski definition) is 4. The van der Waals surface area contributed by atoms with Crippen LogP contribution in [0.5, 0.6) is 5.75 Å². The molecule has 3 amide bonds. The third-order valence-electron chi connectivity index (χ3n) is 5.09. The van der Waals surface area contributed by atoms with E-state index in [9.17, 15) is 14.4 Å². The summed E-state index contributed by atoms with van der Waals surface area (Å²) in [5, 5.41) is 5.50. The van der Waals surface area contributed by atoms with Crippen molar-refractivity contribution < 1.29 is 19.1 Å². The molecule has 156 valence electrons. The zero-order valence-corrected chi connectivity index (χ0v) is 17.5. The number of methoxy groups -OCH3 is 1. The van der Waals surface area contributed by atoms with Crippen molar-refractivity contribution in [3.63, 3.8) is 0 Å². The number of amides is 3. The van der Waals surface area contributed by atoms with Gasteiger partial charge in [0.25, 0.3) is 0 Å². The van der Waals surface area contributed by atoms with Gasteiger partial charge in [-0.05, 0) is 30.4 Å². The second kappa shape index (κ2) is 9.46. The van der Waals surface area contributed by atoms with Crippen LogP contribution in [0.25, 0.3) is 0 Å². The minimum atomic E-state index is -0.690. The Hall–Kier alpha value is -3.01. The van der Waals surface area contributed by atoms with Crippen molar-refractivity contribution in [1.29, 1.82) is 0 Å². The Balaban J connectivity index is 2.09. The number of carbonyl (C=O) groups excluding carboxylic acids is 3. The molecule has 2 atom stereocenters.